The fraction of sp³-hybridized carbons (Fsp3) is 0.786. The van der Waals surface area contributed by atoms with Crippen LogP contribution in [0.15, 0.2) is 12.4 Å². The summed E-state index contributed by atoms with van der Waals surface area (Å²) in [4.78, 5) is 4.49. The predicted molar refractivity (Wildman–Crippen MR) is 71.1 cm³/mol. The molecule has 1 N–H and O–H groups in total. The highest BCUT2D eigenvalue weighted by atomic mass is 15.1. The number of imidazole rings is 1. The fourth-order valence-corrected chi connectivity index (χ4v) is 2.29. The molecule has 1 aromatic rings. The average molecular weight is 235 g/mol. The Balaban J connectivity index is 2.04. The van der Waals surface area contributed by atoms with Gasteiger partial charge in [-0.1, -0.05) is 20.8 Å². The van der Waals surface area contributed by atoms with Gasteiger partial charge in [0.15, 0.2) is 0 Å². The second-order valence-corrected chi connectivity index (χ2v) is 5.49. The maximum atomic E-state index is 4.49. The van der Waals surface area contributed by atoms with Crippen molar-refractivity contribution in [3.8, 4) is 0 Å². The molecule has 0 amide bonds. The molecule has 0 radical (unpaired) electrons. The second-order valence-electron chi connectivity index (χ2n) is 5.49. The summed E-state index contributed by atoms with van der Waals surface area (Å²) >= 11 is 0. The van der Waals surface area contributed by atoms with Crippen molar-refractivity contribution in [1.82, 2.24) is 14.9 Å². The number of hydrogen-bond donors (Lipinski definition) is 1. The van der Waals surface area contributed by atoms with Crippen LogP contribution in [0.4, 0.5) is 0 Å². The van der Waals surface area contributed by atoms with Crippen LogP contribution in [-0.4, -0.2) is 22.1 Å². The van der Waals surface area contributed by atoms with Crippen molar-refractivity contribution >= 4 is 0 Å². The highest BCUT2D eigenvalue weighted by molar-refractivity contribution is 4.97. The molecule has 2 rings (SSSR count). The monoisotopic (exact) mass is 235 g/mol. The zero-order chi connectivity index (χ0) is 12.3. The van der Waals surface area contributed by atoms with Crippen LogP contribution in [0.3, 0.4) is 0 Å². The highest BCUT2D eigenvalue weighted by Crippen LogP contribution is 2.23. The molecule has 1 saturated carbocycles. The van der Waals surface area contributed by atoms with Crippen LogP contribution < -0.4 is 5.32 Å². The minimum absolute atomic E-state index is 0.541. The SMILES string of the molecule is CCCc1nccn1C(CNC1CC1)C(C)C. The van der Waals surface area contributed by atoms with Crippen LogP contribution >= 0.6 is 0 Å². The molecule has 96 valence electrons. The molecule has 1 unspecified atom stereocenters. The van der Waals surface area contributed by atoms with E-state index < -0.39 is 0 Å². The number of rotatable bonds is 7. The van der Waals surface area contributed by atoms with Crippen LogP contribution in [0.25, 0.3) is 0 Å². The second kappa shape index (κ2) is 5.67. The molecule has 0 aromatic carbocycles. The molecule has 0 saturated heterocycles. The third-order valence-electron chi connectivity index (χ3n) is 3.54. The minimum Gasteiger partial charge on any atom is -0.330 e. The molecule has 1 fully saturated rings. The molecule has 17 heavy (non-hydrogen) atoms. The summed E-state index contributed by atoms with van der Waals surface area (Å²) in [6.45, 7) is 7.89. The van der Waals surface area contributed by atoms with Crippen molar-refractivity contribution in [2.24, 2.45) is 5.92 Å². The lowest BCUT2D eigenvalue weighted by Gasteiger charge is -2.25. The van der Waals surface area contributed by atoms with E-state index in [1.54, 1.807) is 0 Å². The van der Waals surface area contributed by atoms with Crippen LogP contribution in [0, 0.1) is 5.92 Å². The first kappa shape index (κ1) is 12.6. The van der Waals surface area contributed by atoms with E-state index >= 15 is 0 Å². The summed E-state index contributed by atoms with van der Waals surface area (Å²) in [6, 6.07) is 1.33. The first-order valence-corrected chi connectivity index (χ1v) is 6.97. The average Bonchev–Trinajstić information content (AvgIpc) is 3.00. The Bertz CT molecular complexity index is 339. The normalized spacial score (nSPS) is 17.6. The van der Waals surface area contributed by atoms with Gasteiger partial charge in [-0.25, -0.2) is 4.98 Å². The zero-order valence-corrected chi connectivity index (χ0v) is 11.3. The van der Waals surface area contributed by atoms with E-state index in [9.17, 15) is 0 Å². The van der Waals surface area contributed by atoms with Crippen molar-refractivity contribution in [2.45, 2.75) is 58.5 Å². The molecular formula is C14H25N3. The van der Waals surface area contributed by atoms with Gasteiger partial charge in [-0.3, -0.25) is 0 Å². The maximum Gasteiger partial charge on any atom is 0.108 e. The lowest BCUT2D eigenvalue weighted by molar-refractivity contribution is 0.346. The molecule has 1 heterocycles. The van der Waals surface area contributed by atoms with Gasteiger partial charge in [0, 0.05) is 37.4 Å². The van der Waals surface area contributed by atoms with E-state index in [4.69, 9.17) is 0 Å². The van der Waals surface area contributed by atoms with Gasteiger partial charge in [-0.15, -0.1) is 0 Å². The number of hydrogen-bond acceptors (Lipinski definition) is 2. The topological polar surface area (TPSA) is 29.9 Å². The minimum atomic E-state index is 0.541. The summed E-state index contributed by atoms with van der Waals surface area (Å²) < 4.78 is 2.38. The van der Waals surface area contributed by atoms with Gasteiger partial charge in [0.05, 0.1) is 0 Å². The molecular weight excluding hydrogens is 210 g/mol. The van der Waals surface area contributed by atoms with Crippen LogP contribution in [-0.2, 0) is 6.42 Å². The van der Waals surface area contributed by atoms with Gasteiger partial charge in [0.25, 0.3) is 0 Å². The van der Waals surface area contributed by atoms with Crippen molar-refractivity contribution in [1.29, 1.82) is 0 Å². The summed E-state index contributed by atoms with van der Waals surface area (Å²) in [5.74, 6) is 1.88. The number of aromatic nitrogens is 2. The van der Waals surface area contributed by atoms with Crippen molar-refractivity contribution in [3.05, 3.63) is 18.2 Å². The molecule has 0 spiro atoms. The van der Waals surface area contributed by atoms with Crippen molar-refractivity contribution in [3.63, 3.8) is 0 Å². The lowest BCUT2D eigenvalue weighted by atomic mass is 10.0. The Morgan fingerprint density at radius 1 is 1.47 bits per heavy atom. The predicted octanol–water partition coefficient (Wildman–Crippen LogP) is 2.78. The fourth-order valence-electron chi connectivity index (χ4n) is 2.29. The zero-order valence-electron chi connectivity index (χ0n) is 11.3. The van der Waals surface area contributed by atoms with Gasteiger partial charge in [0.2, 0.25) is 0 Å². The summed E-state index contributed by atoms with van der Waals surface area (Å²) in [7, 11) is 0. The Kier molecular flexibility index (Phi) is 4.21. The van der Waals surface area contributed by atoms with Crippen LogP contribution in [0.1, 0.15) is 51.9 Å². The van der Waals surface area contributed by atoms with E-state index in [-0.39, 0.29) is 0 Å². The molecule has 1 aliphatic rings. The maximum absolute atomic E-state index is 4.49. The first-order valence-electron chi connectivity index (χ1n) is 6.97. The van der Waals surface area contributed by atoms with E-state index in [1.165, 1.54) is 18.7 Å². The smallest absolute Gasteiger partial charge is 0.108 e. The van der Waals surface area contributed by atoms with Crippen molar-refractivity contribution < 1.29 is 0 Å². The molecule has 3 heteroatoms. The van der Waals surface area contributed by atoms with E-state index in [2.05, 4.69) is 41.8 Å². The number of nitrogens with zero attached hydrogens (tertiary/aromatic N) is 2. The molecule has 1 aliphatic carbocycles. The molecule has 1 aromatic heterocycles. The Morgan fingerprint density at radius 2 is 2.24 bits per heavy atom. The Morgan fingerprint density at radius 3 is 2.82 bits per heavy atom. The lowest BCUT2D eigenvalue weighted by Crippen LogP contribution is -2.30. The van der Waals surface area contributed by atoms with Gasteiger partial charge in [-0.2, -0.15) is 0 Å². The van der Waals surface area contributed by atoms with E-state index in [1.807, 2.05) is 6.20 Å². The first-order chi connectivity index (χ1) is 8.22. The van der Waals surface area contributed by atoms with Gasteiger partial charge < -0.3 is 9.88 Å². The number of aryl methyl sites for hydroxylation is 1. The van der Waals surface area contributed by atoms with Gasteiger partial charge >= 0.3 is 0 Å². The van der Waals surface area contributed by atoms with Crippen molar-refractivity contribution in [2.75, 3.05) is 6.54 Å². The van der Waals surface area contributed by atoms with Gasteiger partial charge in [-0.05, 0) is 25.2 Å². The highest BCUT2D eigenvalue weighted by Gasteiger charge is 2.24. The van der Waals surface area contributed by atoms with Crippen LogP contribution in [0.5, 0.6) is 0 Å². The Hall–Kier alpha value is -0.830. The molecule has 0 bridgehead atoms. The molecule has 0 aliphatic heterocycles. The standard InChI is InChI=1S/C14H25N3/c1-4-5-14-15-8-9-17(14)13(11(2)3)10-16-12-6-7-12/h8-9,11-13,16H,4-7,10H2,1-3H3. The Labute approximate surface area is 105 Å². The summed E-state index contributed by atoms with van der Waals surface area (Å²) in [5.41, 5.74) is 0. The quantitative estimate of drug-likeness (QED) is 0.787. The number of nitrogens with one attached hydrogen (secondary N) is 1. The van der Waals surface area contributed by atoms with Crippen LogP contribution in [0.2, 0.25) is 0 Å². The summed E-state index contributed by atoms with van der Waals surface area (Å²) in [6.07, 6.45) is 9.05. The van der Waals surface area contributed by atoms with E-state index in [0.29, 0.717) is 12.0 Å². The third kappa shape index (κ3) is 3.32. The molecule has 1 atom stereocenters. The molecule has 3 nitrogen and oxygen atoms in total. The third-order valence-corrected chi connectivity index (χ3v) is 3.54. The van der Waals surface area contributed by atoms with E-state index in [0.717, 1.165) is 25.4 Å². The largest absolute Gasteiger partial charge is 0.330 e. The van der Waals surface area contributed by atoms with Gasteiger partial charge in [0.1, 0.15) is 5.82 Å². The summed E-state index contributed by atoms with van der Waals surface area (Å²) in [5, 5.41) is 3.65.